The summed E-state index contributed by atoms with van der Waals surface area (Å²) in [6.07, 6.45) is 2.18. The minimum absolute atomic E-state index is 0.0213. The Kier molecular flexibility index (Phi) is 3.67. The van der Waals surface area contributed by atoms with Crippen molar-refractivity contribution in [1.82, 2.24) is 0 Å². The van der Waals surface area contributed by atoms with E-state index in [1.807, 2.05) is 0 Å². The first kappa shape index (κ1) is 14.3. The van der Waals surface area contributed by atoms with Gasteiger partial charge >= 0.3 is 0 Å². The van der Waals surface area contributed by atoms with Crippen molar-refractivity contribution in [2.45, 2.75) is 27.7 Å². The van der Waals surface area contributed by atoms with Gasteiger partial charge in [-0.3, -0.25) is 4.79 Å². The second-order valence-electron chi connectivity index (χ2n) is 6.25. The molecule has 0 aliphatic heterocycles. The molecule has 20 heavy (non-hydrogen) atoms. The zero-order valence-electron chi connectivity index (χ0n) is 12.4. The summed E-state index contributed by atoms with van der Waals surface area (Å²) in [5, 5.41) is 11.7. The number of benzene rings is 1. The van der Waals surface area contributed by atoms with Crippen LogP contribution >= 0.6 is 0 Å². The van der Waals surface area contributed by atoms with Crippen molar-refractivity contribution in [3.8, 4) is 6.07 Å². The fourth-order valence-electron chi connectivity index (χ4n) is 2.70. The molecule has 2 rings (SSSR count). The third kappa shape index (κ3) is 2.75. The smallest absolute Gasteiger partial charge is 0.228 e. The van der Waals surface area contributed by atoms with Crippen molar-refractivity contribution in [3.05, 3.63) is 41.5 Å². The summed E-state index contributed by atoms with van der Waals surface area (Å²) in [4.78, 5) is 12.3. The van der Waals surface area contributed by atoms with Crippen LogP contribution in [0.5, 0.6) is 0 Å². The number of carbonyl (C=O) groups excluding carboxylic acids is 1. The Hall–Kier alpha value is -2.08. The number of rotatable bonds is 3. The summed E-state index contributed by atoms with van der Waals surface area (Å²) in [5.41, 5.74) is 2.61. The van der Waals surface area contributed by atoms with Crippen LogP contribution in [0.4, 0.5) is 5.69 Å². The van der Waals surface area contributed by atoms with Gasteiger partial charge < -0.3 is 5.32 Å². The van der Waals surface area contributed by atoms with E-state index < -0.39 is 0 Å². The number of hydrogen-bond donors (Lipinski definition) is 1. The normalized spacial score (nSPS) is 22.6. The van der Waals surface area contributed by atoms with Gasteiger partial charge in [0, 0.05) is 5.69 Å². The zero-order chi connectivity index (χ0) is 14.9. The number of anilines is 1. The predicted molar refractivity (Wildman–Crippen MR) is 80.0 cm³/mol. The number of amides is 1. The van der Waals surface area contributed by atoms with Gasteiger partial charge in [-0.2, -0.15) is 5.26 Å². The molecule has 1 aliphatic rings. The number of nitriles is 1. The molecule has 0 aromatic heterocycles. The topological polar surface area (TPSA) is 52.9 Å². The molecule has 0 spiro atoms. The Morgan fingerprint density at radius 1 is 1.30 bits per heavy atom. The van der Waals surface area contributed by atoms with Crippen LogP contribution in [0.25, 0.3) is 0 Å². The third-order valence-corrected chi connectivity index (χ3v) is 3.99. The van der Waals surface area contributed by atoms with E-state index in [1.165, 1.54) is 5.57 Å². The lowest BCUT2D eigenvalue weighted by Crippen LogP contribution is -2.16. The first-order valence-electron chi connectivity index (χ1n) is 6.82. The van der Waals surface area contributed by atoms with Crippen LogP contribution < -0.4 is 5.32 Å². The molecule has 3 nitrogen and oxygen atoms in total. The quantitative estimate of drug-likeness (QED) is 0.849. The SMILES string of the molecule is CC(C)=C[C@H]1[C@@H](C(=O)Nc2ccc(C#N)cc2)C1(C)C. The Labute approximate surface area is 120 Å². The Bertz CT molecular complexity index is 586. The molecule has 1 aromatic rings. The largest absolute Gasteiger partial charge is 0.326 e. The van der Waals surface area contributed by atoms with Gasteiger partial charge in [0.2, 0.25) is 5.91 Å². The van der Waals surface area contributed by atoms with Gasteiger partial charge in [-0.05, 0) is 49.4 Å². The molecular formula is C17H20N2O. The van der Waals surface area contributed by atoms with Crippen LogP contribution in [-0.2, 0) is 4.79 Å². The maximum atomic E-state index is 12.3. The van der Waals surface area contributed by atoms with E-state index >= 15 is 0 Å². The number of nitrogens with one attached hydrogen (secondary N) is 1. The van der Waals surface area contributed by atoms with E-state index in [1.54, 1.807) is 24.3 Å². The van der Waals surface area contributed by atoms with Crippen molar-refractivity contribution in [2.75, 3.05) is 5.32 Å². The summed E-state index contributed by atoms with van der Waals surface area (Å²) in [6, 6.07) is 9.01. The lowest BCUT2D eigenvalue weighted by atomic mass is 10.1. The molecular weight excluding hydrogens is 248 g/mol. The summed E-state index contributed by atoms with van der Waals surface area (Å²) >= 11 is 0. The maximum absolute atomic E-state index is 12.3. The molecule has 1 saturated carbocycles. The number of allylic oxidation sites excluding steroid dienone is 2. The number of carbonyl (C=O) groups is 1. The van der Waals surface area contributed by atoms with Crippen molar-refractivity contribution >= 4 is 11.6 Å². The molecule has 3 heteroatoms. The molecule has 1 fully saturated rings. The standard InChI is InChI=1S/C17H20N2O/c1-11(2)9-14-15(17(14,3)4)16(20)19-13-7-5-12(10-18)6-8-13/h5-9,14-15H,1-4H3,(H,19,20)/t14-,15-/m0/s1. The first-order chi connectivity index (χ1) is 9.36. The van der Waals surface area contributed by atoms with E-state index in [9.17, 15) is 4.79 Å². The van der Waals surface area contributed by atoms with Crippen molar-refractivity contribution in [2.24, 2.45) is 17.3 Å². The van der Waals surface area contributed by atoms with E-state index in [2.05, 4.69) is 45.2 Å². The Morgan fingerprint density at radius 3 is 2.40 bits per heavy atom. The van der Waals surface area contributed by atoms with Crippen molar-refractivity contribution in [3.63, 3.8) is 0 Å². The van der Waals surface area contributed by atoms with E-state index in [-0.39, 0.29) is 17.2 Å². The van der Waals surface area contributed by atoms with Gasteiger partial charge in [-0.1, -0.05) is 25.5 Å². The molecule has 0 radical (unpaired) electrons. The van der Waals surface area contributed by atoms with Crippen LogP contribution in [0.2, 0.25) is 0 Å². The summed E-state index contributed by atoms with van der Waals surface area (Å²) < 4.78 is 0. The second-order valence-corrected chi connectivity index (χ2v) is 6.25. The third-order valence-electron chi connectivity index (χ3n) is 3.99. The summed E-state index contributed by atoms with van der Waals surface area (Å²) in [5.74, 6) is 0.390. The molecule has 1 aromatic carbocycles. The van der Waals surface area contributed by atoms with Crippen LogP contribution in [0.1, 0.15) is 33.3 Å². The molecule has 0 heterocycles. The molecule has 1 N–H and O–H groups in total. The maximum Gasteiger partial charge on any atom is 0.228 e. The number of hydrogen-bond acceptors (Lipinski definition) is 2. The highest BCUT2D eigenvalue weighted by Crippen LogP contribution is 2.59. The van der Waals surface area contributed by atoms with Gasteiger partial charge in [-0.25, -0.2) is 0 Å². The van der Waals surface area contributed by atoms with Crippen LogP contribution in [0, 0.1) is 28.6 Å². The monoisotopic (exact) mass is 268 g/mol. The molecule has 0 unspecified atom stereocenters. The highest BCUT2D eigenvalue weighted by atomic mass is 16.2. The molecule has 1 amide bonds. The fraction of sp³-hybridized carbons (Fsp3) is 0.412. The van der Waals surface area contributed by atoms with Crippen molar-refractivity contribution < 1.29 is 4.79 Å². The Balaban J connectivity index is 2.06. The van der Waals surface area contributed by atoms with Crippen LogP contribution in [0.15, 0.2) is 35.9 Å². The average molecular weight is 268 g/mol. The van der Waals surface area contributed by atoms with Crippen LogP contribution in [0.3, 0.4) is 0 Å². The van der Waals surface area contributed by atoms with Gasteiger partial charge in [0.15, 0.2) is 0 Å². The van der Waals surface area contributed by atoms with Gasteiger partial charge in [0.25, 0.3) is 0 Å². The highest BCUT2D eigenvalue weighted by Gasteiger charge is 2.60. The fourth-order valence-corrected chi connectivity index (χ4v) is 2.70. The summed E-state index contributed by atoms with van der Waals surface area (Å²) in [6.45, 7) is 8.37. The zero-order valence-corrected chi connectivity index (χ0v) is 12.4. The molecule has 2 atom stereocenters. The van der Waals surface area contributed by atoms with E-state index in [0.29, 0.717) is 11.5 Å². The minimum atomic E-state index is 0.0213. The molecule has 1 aliphatic carbocycles. The molecule has 104 valence electrons. The Morgan fingerprint density at radius 2 is 1.90 bits per heavy atom. The lowest BCUT2D eigenvalue weighted by molar-refractivity contribution is -0.118. The predicted octanol–water partition coefficient (Wildman–Crippen LogP) is 3.74. The first-order valence-corrected chi connectivity index (χ1v) is 6.82. The van der Waals surface area contributed by atoms with Crippen LogP contribution in [-0.4, -0.2) is 5.91 Å². The van der Waals surface area contributed by atoms with Gasteiger partial charge in [0.1, 0.15) is 0 Å². The lowest BCUT2D eigenvalue weighted by Gasteiger charge is -2.06. The van der Waals surface area contributed by atoms with Gasteiger partial charge in [-0.15, -0.1) is 0 Å². The number of nitrogens with zero attached hydrogens (tertiary/aromatic N) is 1. The highest BCUT2D eigenvalue weighted by molar-refractivity contribution is 5.95. The molecule has 0 bridgehead atoms. The van der Waals surface area contributed by atoms with Crippen molar-refractivity contribution in [1.29, 1.82) is 5.26 Å². The van der Waals surface area contributed by atoms with Gasteiger partial charge in [0.05, 0.1) is 17.6 Å². The average Bonchev–Trinajstić information content (AvgIpc) is 2.91. The summed E-state index contributed by atoms with van der Waals surface area (Å²) in [7, 11) is 0. The second kappa shape index (κ2) is 5.13. The minimum Gasteiger partial charge on any atom is -0.326 e. The molecule has 0 saturated heterocycles. The van der Waals surface area contributed by atoms with E-state index in [4.69, 9.17) is 5.26 Å². The van der Waals surface area contributed by atoms with E-state index in [0.717, 1.165) is 5.69 Å².